The van der Waals surface area contributed by atoms with E-state index in [2.05, 4.69) is 79.7 Å². The molecule has 0 bridgehead atoms. The minimum Gasteiger partial charge on any atom is -0.416 e. The Balaban J connectivity index is 4.06. The van der Waals surface area contributed by atoms with E-state index in [1.54, 1.807) is 0 Å². The van der Waals surface area contributed by atoms with Crippen molar-refractivity contribution in [1.29, 1.82) is 0 Å². The van der Waals surface area contributed by atoms with Gasteiger partial charge in [-0.15, -0.1) is 0 Å². The number of nitrogens with zero attached hydrogens (tertiary/aromatic N) is 1. The van der Waals surface area contributed by atoms with Crippen LogP contribution in [0.25, 0.3) is 0 Å². The molecule has 0 aliphatic heterocycles. The molecule has 0 N–H and O–H groups in total. The van der Waals surface area contributed by atoms with E-state index in [1.807, 2.05) is 0 Å². The van der Waals surface area contributed by atoms with Crippen LogP contribution in [0.1, 0.15) is 41.5 Å². The van der Waals surface area contributed by atoms with Gasteiger partial charge in [-0.3, -0.25) is 0 Å². The molecule has 0 aromatic carbocycles. The maximum absolute atomic E-state index is 6.23. The van der Waals surface area contributed by atoms with Crippen molar-refractivity contribution < 1.29 is 8.85 Å². The van der Waals surface area contributed by atoms with Crippen LogP contribution in [0, 0.1) is 0 Å². The summed E-state index contributed by atoms with van der Waals surface area (Å²) in [6, 6.07) is 0. The van der Waals surface area contributed by atoms with Crippen molar-refractivity contribution in [2.45, 2.75) is 77.8 Å². The largest absolute Gasteiger partial charge is 0.416 e. The van der Waals surface area contributed by atoms with Crippen molar-refractivity contribution in [3.63, 3.8) is 0 Å². The first-order valence-corrected chi connectivity index (χ1v) is 14.4. The normalized spacial score (nSPS) is 14.7. The van der Waals surface area contributed by atoms with Crippen LogP contribution in [-0.4, -0.2) is 54.9 Å². The van der Waals surface area contributed by atoms with Gasteiger partial charge in [0, 0.05) is 26.3 Å². The van der Waals surface area contributed by atoms with Crippen molar-refractivity contribution in [2.75, 3.05) is 33.4 Å². The van der Waals surface area contributed by atoms with Gasteiger partial charge in [0.25, 0.3) is 0 Å². The third-order valence-electron chi connectivity index (χ3n) is 5.48. The first-order valence-electron chi connectivity index (χ1n) is 8.57. The van der Waals surface area contributed by atoms with Gasteiger partial charge in [-0.25, -0.2) is 0 Å². The highest BCUT2D eigenvalue weighted by Gasteiger charge is 2.37. The molecule has 0 saturated carbocycles. The predicted molar refractivity (Wildman–Crippen MR) is 104 cm³/mol. The Morgan fingerprint density at radius 1 is 0.682 bits per heavy atom. The Bertz CT molecular complexity index is 299. The summed E-state index contributed by atoms with van der Waals surface area (Å²) in [7, 11) is -1.06. The molecular formula is C17H41NO2Si2. The summed E-state index contributed by atoms with van der Waals surface area (Å²) in [4.78, 5) is 2.32. The minimum atomic E-state index is -1.61. The molecule has 5 heteroatoms. The molecule has 0 radical (unpaired) electrons. The van der Waals surface area contributed by atoms with Crippen molar-refractivity contribution in [3.05, 3.63) is 0 Å². The number of rotatable bonds is 8. The summed E-state index contributed by atoms with van der Waals surface area (Å²) in [5.41, 5.74) is 0. The van der Waals surface area contributed by atoms with E-state index in [0.29, 0.717) is 0 Å². The summed E-state index contributed by atoms with van der Waals surface area (Å²) < 4.78 is 12.5. The molecule has 3 nitrogen and oxygen atoms in total. The third-order valence-corrected chi connectivity index (χ3v) is 14.6. The van der Waals surface area contributed by atoms with Gasteiger partial charge in [0.2, 0.25) is 0 Å². The van der Waals surface area contributed by atoms with E-state index in [9.17, 15) is 0 Å². The second-order valence-electron chi connectivity index (χ2n) is 9.52. The molecule has 0 fully saturated rings. The zero-order valence-electron chi connectivity index (χ0n) is 17.1. The fraction of sp³-hybridized carbons (Fsp3) is 1.00. The monoisotopic (exact) mass is 351 g/mol. The van der Waals surface area contributed by atoms with Gasteiger partial charge in [-0.05, 0) is 43.3 Å². The van der Waals surface area contributed by atoms with E-state index in [1.165, 1.54) is 0 Å². The zero-order valence-corrected chi connectivity index (χ0v) is 19.1. The fourth-order valence-electron chi connectivity index (χ4n) is 1.46. The maximum Gasteiger partial charge on any atom is 0.192 e. The molecule has 0 saturated heterocycles. The molecule has 0 unspecified atom stereocenters. The van der Waals surface area contributed by atoms with Crippen molar-refractivity contribution >= 4 is 16.6 Å². The first-order chi connectivity index (χ1) is 9.60. The van der Waals surface area contributed by atoms with E-state index >= 15 is 0 Å². The van der Waals surface area contributed by atoms with Crippen LogP contribution in [0.15, 0.2) is 0 Å². The van der Waals surface area contributed by atoms with Gasteiger partial charge in [0.05, 0.1) is 0 Å². The van der Waals surface area contributed by atoms with Crippen LogP contribution in [-0.2, 0) is 8.85 Å². The molecule has 0 atom stereocenters. The molecule has 0 aliphatic carbocycles. The maximum atomic E-state index is 6.23. The molecule has 22 heavy (non-hydrogen) atoms. The Kier molecular flexibility index (Phi) is 8.04. The Morgan fingerprint density at radius 2 is 0.955 bits per heavy atom. The molecule has 0 spiro atoms. The van der Waals surface area contributed by atoms with Crippen molar-refractivity contribution in [3.8, 4) is 0 Å². The predicted octanol–water partition coefficient (Wildman–Crippen LogP) is 4.96. The summed E-state index contributed by atoms with van der Waals surface area (Å²) in [5, 5.41) is 0.577. The summed E-state index contributed by atoms with van der Waals surface area (Å²) >= 11 is 0. The topological polar surface area (TPSA) is 21.7 Å². The van der Waals surface area contributed by atoms with Crippen LogP contribution < -0.4 is 0 Å². The van der Waals surface area contributed by atoms with Crippen LogP contribution in [0.2, 0.25) is 36.3 Å². The van der Waals surface area contributed by atoms with Gasteiger partial charge in [0.15, 0.2) is 16.6 Å². The molecular weight excluding hydrogens is 310 g/mol. The van der Waals surface area contributed by atoms with Gasteiger partial charge in [-0.2, -0.15) is 0 Å². The highest BCUT2D eigenvalue weighted by molar-refractivity contribution is 6.74. The average molecular weight is 352 g/mol. The summed E-state index contributed by atoms with van der Waals surface area (Å²) in [6.07, 6.45) is 0. The van der Waals surface area contributed by atoms with E-state index < -0.39 is 16.6 Å². The molecule has 134 valence electrons. The number of likely N-dealkylation sites (N-methyl/N-ethyl adjacent to an activating group) is 1. The lowest BCUT2D eigenvalue weighted by Crippen LogP contribution is -2.44. The van der Waals surface area contributed by atoms with Crippen LogP contribution in [0.3, 0.4) is 0 Å². The van der Waals surface area contributed by atoms with E-state index in [4.69, 9.17) is 8.85 Å². The molecule has 0 aromatic heterocycles. The molecule has 0 heterocycles. The first kappa shape index (κ1) is 22.3. The quantitative estimate of drug-likeness (QED) is 0.455. The van der Waals surface area contributed by atoms with Crippen molar-refractivity contribution in [1.82, 2.24) is 4.90 Å². The third kappa shape index (κ3) is 7.26. The minimum absolute atomic E-state index is 0.289. The van der Waals surface area contributed by atoms with Gasteiger partial charge >= 0.3 is 0 Å². The Hall–Kier alpha value is 0.314. The fourth-order valence-corrected chi connectivity index (χ4v) is 3.53. The van der Waals surface area contributed by atoms with Gasteiger partial charge < -0.3 is 13.8 Å². The summed E-state index contributed by atoms with van der Waals surface area (Å²) in [6.45, 7) is 26.6. The van der Waals surface area contributed by atoms with Crippen molar-refractivity contribution in [2.24, 2.45) is 0 Å². The molecule has 0 aliphatic rings. The zero-order chi connectivity index (χ0) is 17.8. The SMILES string of the molecule is CN([13CH2][13CH2]O[Si](C)(C)C(C)(C)C)[13CH2][13CH2]O[Si](C)(C)C(C)(C)C. The molecule has 0 aromatic rings. The number of hydrogen-bond donors (Lipinski definition) is 0. The van der Waals surface area contributed by atoms with Gasteiger partial charge in [0.1, 0.15) is 0 Å². The van der Waals surface area contributed by atoms with E-state index in [-0.39, 0.29) is 10.1 Å². The second-order valence-corrected chi connectivity index (χ2v) is 19.1. The second kappa shape index (κ2) is 7.92. The van der Waals surface area contributed by atoms with Crippen LogP contribution >= 0.6 is 0 Å². The Morgan fingerprint density at radius 3 is 1.18 bits per heavy atom. The Labute approximate surface area is 142 Å². The van der Waals surface area contributed by atoms with E-state index in [0.717, 1.165) is 26.3 Å². The lowest BCUT2D eigenvalue weighted by Gasteiger charge is -2.37. The standard InChI is InChI=1S/C17H41NO2Si2/c1-16(2,3)21(8,9)19-14-12-18(7)13-15-20-22(10,11)17(4,5)6/h12-15H2,1-11H3/i12+1,13+1,14+1,15+1. The average Bonchev–Trinajstić information content (AvgIpc) is 2.25. The summed E-state index contributed by atoms with van der Waals surface area (Å²) in [5.74, 6) is 0. The van der Waals surface area contributed by atoms with Crippen LogP contribution in [0.5, 0.6) is 0 Å². The highest BCUT2D eigenvalue weighted by Crippen LogP contribution is 2.37. The number of hydrogen-bond acceptors (Lipinski definition) is 3. The lowest BCUT2D eigenvalue weighted by molar-refractivity contribution is 0.187. The smallest absolute Gasteiger partial charge is 0.192 e. The highest BCUT2D eigenvalue weighted by atomic mass is 28.4. The molecule has 0 amide bonds. The molecule has 0 rings (SSSR count). The lowest BCUT2D eigenvalue weighted by atomic mass is 10.2. The van der Waals surface area contributed by atoms with Crippen LogP contribution in [0.4, 0.5) is 0 Å². The van der Waals surface area contributed by atoms with Gasteiger partial charge in [-0.1, -0.05) is 41.5 Å².